The highest BCUT2D eigenvalue weighted by molar-refractivity contribution is 7.15. The van der Waals surface area contributed by atoms with E-state index in [1.807, 2.05) is 16.0 Å². The molecule has 0 N–H and O–H groups in total. The Labute approximate surface area is 109 Å². The lowest BCUT2D eigenvalue weighted by Gasteiger charge is -2.32. The van der Waals surface area contributed by atoms with Crippen molar-refractivity contribution in [3.63, 3.8) is 0 Å². The Kier molecular flexibility index (Phi) is 3.05. The number of aldehydes is 1. The molecule has 96 valence electrons. The summed E-state index contributed by atoms with van der Waals surface area (Å²) in [6.07, 6.45) is 5.15. The molecule has 2 aromatic heterocycles. The zero-order valence-electron chi connectivity index (χ0n) is 10.2. The molecular weight excluding hydrogens is 250 g/mol. The number of piperidine rings is 1. The molecule has 0 amide bonds. The highest BCUT2D eigenvalue weighted by atomic mass is 32.1. The SMILES string of the molecule is COC1CCCN(c2nc3sccn3c2C=O)C1. The lowest BCUT2D eigenvalue weighted by molar-refractivity contribution is 0.0890. The van der Waals surface area contributed by atoms with E-state index in [2.05, 4.69) is 9.88 Å². The highest BCUT2D eigenvalue weighted by Gasteiger charge is 2.24. The fourth-order valence-electron chi connectivity index (χ4n) is 2.46. The lowest BCUT2D eigenvalue weighted by Crippen LogP contribution is -2.39. The van der Waals surface area contributed by atoms with Gasteiger partial charge in [-0.15, -0.1) is 11.3 Å². The van der Waals surface area contributed by atoms with Gasteiger partial charge >= 0.3 is 0 Å². The van der Waals surface area contributed by atoms with Crippen LogP contribution in [-0.2, 0) is 4.74 Å². The van der Waals surface area contributed by atoms with Crippen LogP contribution >= 0.6 is 11.3 Å². The first-order valence-electron chi connectivity index (χ1n) is 6.02. The summed E-state index contributed by atoms with van der Waals surface area (Å²) < 4.78 is 7.26. The number of hydrogen-bond donors (Lipinski definition) is 0. The van der Waals surface area contributed by atoms with Crippen molar-refractivity contribution in [2.45, 2.75) is 18.9 Å². The molecule has 0 aromatic carbocycles. The quantitative estimate of drug-likeness (QED) is 0.794. The number of hydrogen-bond acceptors (Lipinski definition) is 5. The van der Waals surface area contributed by atoms with Gasteiger partial charge in [0.2, 0.25) is 0 Å². The van der Waals surface area contributed by atoms with Gasteiger partial charge in [0, 0.05) is 31.8 Å². The third kappa shape index (κ3) is 1.81. The van der Waals surface area contributed by atoms with E-state index in [1.165, 1.54) is 0 Å². The molecular formula is C12H15N3O2S. The molecule has 1 unspecified atom stereocenters. The van der Waals surface area contributed by atoms with Gasteiger partial charge < -0.3 is 9.64 Å². The van der Waals surface area contributed by atoms with Gasteiger partial charge in [-0.3, -0.25) is 9.20 Å². The van der Waals surface area contributed by atoms with E-state index >= 15 is 0 Å². The normalized spacial score (nSPS) is 20.5. The molecule has 0 bridgehead atoms. The van der Waals surface area contributed by atoms with Crippen LogP contribution < -0.4 is 4.90 Å². The third-order valence-corrected chi connectivity index (χ3v) is 4.16. The summed E-state index contributed by atoms with van der Waals surface area (Å²) in [5.74, 6) is 0.790. The van der Waals surface area contributed by atoms with Crippen molar-refractivity contribution in [3.8, 4) is 0 Å². The van der Waals surface area contributed by atoms with Crippen LogP contribution in [0.3, 0.4) is 0 Å². The summed E-state index contributed by atoms with van der Waals surface area (Å²) in [5, 5.41) is 1.94. The molecule has 3 heterocycles. The molecule has 0 spiro atoms. The molecule has 18 heavy (non-hydrogen) atoms. The van der Waals surface area contributed by atoms with Crippen molar-refractivity contribution in [3.05, 3.63) is 17.3 Å². The van der Waals surface area contributed by atoms with E-state index in [-0.39, 0.29) is 6.10 Å². The van der Waals surface area contributed by atoms with Crippen LogP contribution in [0.25, 0.3) is 4.96 Å². The molecule has 1 fully saturated rings. The van der Waals surface area contributed by atoms with Gasteiger partial charge in [0.1, 0.15) is 5.69 Å². The van der Waals surface area contributed by atoms with Gasteiger partial charge in [0.15, 0.2) is 17.1 Å². The Hall–Kier alpha value is -1.40. The molecule has 0 saturated carbocycles. The average molecular weight is 265 g/mol. The summed E-state index contributed by atoms with van der Waals surface area (Å²) in [6.45, 7) is 1.74. The number of aromatic nitrogens is 2. The number of carbonyl (C=O) groups excluding carboxylic acids is 1. The largest absolute Gasteiger partial charge is 0.380 e. The molecule has 1 saturated heterocycles. The van der Waals surface area contributed by atoms with E-state index in [4.69, 9.17) is 4.74 Å². The Morgan fingerprint density at radius 3 is 3.28 bits per heavy atom. The van der Waals surface area contributed by atoms with Crippen LogP contribution in [0.5, 0.6) is 0 Å². The molecule has 5 nitrogen and oxygen atoms in total. The van der Waals surface area contributed by atoms with Crippen LogP contribution in [-0.4, -0.2) is 42.0 Å². The van der Waals surface area contributed by atoms with Crippen molar-refractivity contribution in [2.75, 3.05) is 25.1 Å². The standard InChI is InChI=1S/C12H15N3O2S/c1-17-9-3-2-4-14(7-9)11-10(8-16)15-5-6-18-12(15)13-11/h5-6,8-9H,2-4,7H2,1H3. The minimum atomic E-state index is 0.234. The first kappa shape index (κ1) is 11.7. The lowest BCUT2D eigenvalue weighted by atomic mass is 10.1. The summed E-state index contributed by atoms with van der Waals surface area (Å²) in [7, 11) is 1.74. The second-order valence-corrected chi connectivity index (χ2v) is 5.31. The second kappa shape index (κ2) is 4.70. The monoisotopic (exact) mass is 265 g/mol. The number of anilines is 1. The number of rotatable bonds is 3. The third-order valence-electron chi connectivity index (χ3n) is 3.40. The van der Waals surface area contributed by atoms with Gasteiger partial charge in [-0.1, -0.05) is 0 Å². The Balaban J connectivity index is 1.97. The Morgan fingerprint density at radius 1 is 1.61 bits per heavy atom. The molecule has 0 aliphatic carbocycles. The second-order valence-electron chi connectivity index (χ2n) is 4.44. The van der Waals surface area contributed by atoms with Crippen LogP contribution in [0.15, 0.2) is 11.6 Å². The maximum absolute atomic E-state index is 11.3. The van der Waals surface area contributed by atoms with Crippen molar-refractivity contribution in [1.82, 2.24) is 9.38 Å². The summed E-state index contributed by atoms with van der Waals surface area (Å²) >= 11 is 1.54. The van der Waals surface area contributed by atoms with Gasteiger partial charge in [-0.05, 0) is 12.8 Å². The van der Waals surface area contributed by atoms with Crippen molar-refractivity contribution < 1.29 is 9.53 Å². The topological polar surface area (TPSA) is 46.8 Å². The summed E-state index contributed by atoms with van der Waals surface area (Å²) in [5.41, 5.74) is 0.642. The van der Waals surface area contributed by atoms with Gasteiger partial charge in [0.05, 0.1) is 6.10 Å². The van der Waals surface area contributed by atoms with E-state index in [0.717, 1.165) is 43.0 Å². The number of ether oxygens (including phenoxy) is 1. The van der Waals surface area contributed by atoms with E-state index in [9.17, 15) is 4.79 Å². The minimum absolute atomic E-state index is 0.234. The van der Waals surface area contributed by atoms with Crippen molar-refractivity contribution in [1.29, 1.82) is 0 Å². The summed E-state index contributed by atoms with van der Waals surface area (Å²) in [4.78, 5) is 18.9. The van der Waals surface area contributed by atoms with Crippen LogP contribution in [0.1, 0.15) is 23.3 Å². The van der Waals surface area contributed by atoms with E-state index in [1.54, 1.807) is 18.4 Å². The van der Waals surface area contributed by atoms with Gasteiger partial charge in [-0.2, -0.15) is 0 Å². The highest BCUT2D eigenvalue weighted by Crippen LogP contribution is 2.26. The van der Waals surface area contributed by atoms with E-state index in [0.29, 0.717) is 5.69 Å². The number of thiazole rings is 1. The maximum atomic E-state index is 11.3. The fraction of sp³-hybridized carbons (Fsp3) is 0.500. The predicted molar refractivity (Wildman–Crippen MR) is 70.7 cm³/mol. The number of methoxy groups -OCH3 is 1. The zero-order valence-corrected chi connectivity index (χ0v) is 11.0. The zero-order chi connectivity index (χ0) is 12.5. The number of fused-ring (bicyclic) bond motifs is 1. The number of carbonyl (C=O) groups is 1. The first-order chi connectivity index (χ1) is 8.83. The smallest absolute Gasteiger partial charge is 0.196 e. The number of imidazole rings is 1. The minimum Gasteiger partial charge on any atom is -0.380 e. The Bertz CT molecular complexity index is 563. The van der Waals surface area contributed by atoms with Crippen LogP contribution in [0.2, 0.25) is 0 Å². The van der Waals surface area contributed by atoms with Gasteiger partial charge in [-0.25, -0.2) is 4.98 Å². The number of nitrogens with zero attached hydrogens (tertiary/aromatic N) is 3. The van der Waals surface area contributed by atoms with E-state index < -0.39 is 0 Å². The molecule has 1 atom stereocenters. The first-order valence-corrected chi connectivity index (χ1v) is 6.90. The van der Waals surface area contributed by atoms with Crippen LogP contribution in [0, 0.1) is 0 Å². The fourth-order valence-corrected chi connectivity index (χ4v) is 3.17. The molecule has 1 aliphatic heterocycles. The maximum Gasteiger partial charge on any atom is 0.196 e. The van der Waals surface area contributed by atoms with Crippen molar-refractivity contribution in [2.24, 2.45) is 0 Å². The van der Waals surface area contributed by atoms with Gasteiger partial charge in [0.25, 0.3) is 0 Å². The molecule has 1 aliphatic rings. The molecule has 0 radical (unpaired) electrons. The predicted octanol–water partition coefficient (Wildman–Crippen LogP) is 1.82. The Morgan fingerprint density at radius 2 is 2.50 bits per heavy atom. The molecule has 6 heteroatoms. The molecule has 2 aromatic rings. The van der Waals surface area contributed by atoms with Crippen LogP contribution in [0.4, 0.5) is 5.82 Å². The summed E-state index contributed by atoms with van der Waals surface area (Å²) in [6, 6.07) is 0. The van der Waals surface area contributed by atoms with Crippen molar-refractivity contribution >= 4 is 28.4 Å². The molecule has 3 rings (SSSR count). The average Bonchev–Trinajstić information content (AvgIpc) is 2.98.